The number of H-pyrrole nitrogens is 1. The third-order valence-corrected chi connectivity index (χ3v) is 2.83. The van der Waals surface area contributed by atoms with Crippen LogP contribution in [0.2, 0.25) is 0 Å². The van der Waals surface area contributed by atoms with E-state index in [1.54, 1.807) is 19.3 Å². The molecule has 0 bridgehead atoms. The molecule has 0 spiro atoms. The molecule has 108 valence electrons. The van der Waals surface area contributed by atoms with Crippen LogP contribution in [0, 0.1) is 17.7 Å². The lowest BCUT2D eigenvalue weighted by Gasteiger charge is -2.12. The van der Waals surface area contributed by atoms with Gasteiger partial charge in [0.15, 0.2) is 0 Å². The topological polar surface area (TPSA) is 83.8 Å². The molecule has 0 aliphatic carbocycles. The third kappa shape index (κ3) is 3.68. The van der Waals surface area contributed by atoms with E-state index in [0.29, 0.717) is 11.4 Å². The number of nitrogens with two attached hydrogens (primary N) is 1. The van der Waals surface area contributed by atoms with Gasteiger partial charge in [-0.3, -0.25) is 4.79 Å². The van der Waals surface area contributed by atoms with Gasteiger partial charge in [0, 0.05) is 18.0 Å². The fraction of sp³-hybridized carbons (Fsp3) is 0.200. The molecule has 1 unspecified atom stereocenters. The number of benzene rings is 1. The highest BCUT2D eigenvalue weighted by atomic mass is 19.1. The van der Waals surface area contributed by atoms with Crippen molar-refractivity contribution >= 4 is 5.91 Å². The number of aromatic amines is 1. The van der Waals surface area contributed by atoms with Crippen LogP contribution in [0.4, 0.5) is 4.39 Å². The monoisotopic (exact) mass is 286 g/mol. The smallest absolute Gasteiger partial charge is 0.253 e. The van der Waals surface area contributed by atoms with Gasteiger partial charge in [-0.15, -0.1) is 0 Å². The molecule has 5 nitrogen and oxygen atoms in total. The van der Waals surface area contributed by atoms with Crippen molar-refractivity contribution in [3.05, 3.63) is 53.4 Å². The summed E-state index contributed by atoms with van der Waals surface area (Å²) >= 11 is 0. The highest BCUT2D eigenvalue weighted by Crippen LogP contribution is 2.13. The number of nitrogens with one attached hydrogen (secondary N) is 2. The van der Waals surface area contributed by atoms with Gasteiger partial charge in [-0.05, 0) is 25.1 Å². The largest absolute Gasteiger partial charge is 0.347 e. The Morgan fingerprint density at radius 1 is 1.57 bits per heavy atom. The molecule has 2 aromatic rings. The zero-order chi connectivity index (χ0) is 15.2. The first-order valence-electron chi connectivity index (χ1n) is 6.40. The molecule has 1 heterocycles. The Labute approximate surface area is 121 Å². The molecule has 6 heteroatoms. The molecule has 1 aromatic heterocycles. The van der Waals surface area contributed by atoms with Crippen molar-refractivity contribution in [2.24, 2.45) is 5.73 Å². The van der Waals surface area contributed by atoms with Gasteiger partial charge in [0.1, 0.15) is 11.6 Å². The first kappa shape index (κ1) is 14.8. The molecular weight excluding hydrogens is 271 g/mol. The number of aromatic nitrogens is 2. The van der Waals surface area contributed by atoms with E-state index in [4.69, 9.17) is 5.73 Å². The fourth-order valence-electron chi connectivity index (χ4n) is 1.82. The van der Waals surface area contributed by atoms with Crippen LogP contribution in [0.15, 0.2) is 30.6 Å². The molecule has 1 aromatic carbocycles. The lowest BCUT2D eigenvalue weighted by molar-refractivity contribution is 0.0937. The van der Waals surface area contributed by atoms with Gasteiger partial charge in [-0.1, -0.05) is 11.8 Å². The molecule has 4 N–H and O–H groups in total. The summed E-state index contributed by atoms with van der Waals surface area (Å²) in [4.78, 5) is 19.2. The Bertz CT molecular complexity index is 685. The lowest BCUT2D eigenvalue weighted by atomic mass is 10.1. The van der Waals surface area contributed by atoms with Gasteiger partial charge in [0.25, 0.3) is 5.91 Å². The minimum absolute atomic E-state index is 0.168. The molecule has 2 rings (SSSR count). The van der Waals surface area contributed by atoms with Gasteiger partial charge in [-0.2, -0.15) is 0 Å². The number of hydrogen-bond donors (Lipinski definition) is 3. The molecule has 0 radical (unpaired) electrons. The van der Waals surface area contributed by atoms with E-state index in [9.17, 15) is 9.18 Å². The quantitative estimate of drug-likeness (QED) is 0.745. The standard InChI is InChI=1S/C15H15FN4O/c1-10(14-18-7-8-19-14)20-15(21)13-9-12(16)5-4-11(13)3-2-6-17/h4-5,7-10H,6,17H2,1H3,(H,18,19)(H,20,21). The molecule has 1 amide bonds. The normalized spacial score (nSPS) is 11.4. The number of halogens is 1. The second kappa shape index (κ2) is 6.68. The van der Waals surface area contributed by atoms with Crippen molar-refractivity contribution in [1.29, 1.82) is 0 Å². The fourth-order valence-corrected chi connectivity index (χ4v) is 1.82. The maximum Gasteiger partial charge on any atom is 0.253 e. The maximum absolute atomic E-state index is 13.4. The zero-order valence-corrected chi connectivity index (χ0v) is 11.5. The number of amides is 1. The van der Waals surface area contributed by atoms with Crippen LogP contribution in [0.25, 0.3) is 0 Å². The molecule has 1 atom stereocenters. The van der Waals surface area contributed by atoms with Crippen LogP contribution in [-0.4, -0.2) is 22.4 Å². The Balaban J connectivity index is 2.24. The minimum Gasteiger partial charge on any atom is -0.347 e. The van der Waals surface area contributed by atoms with Crippen molar-refractivity contribution in [3.8, 4) is 11.8 Å². The molecule has 0 saturated heterocycles. The molecule has 0 saturated carbocycles. The second-order valence-electron chi connectivity index (χ2n) is 4.37. The number of nitrogens with zero attached hydrogens (tertiary/aromatic N) is 1. The van der Waals surface area contributed by atoms with Crippen LogP contribution >= 0.6 is 0 Å². The van der Waals surface area contributed by atoms with Crippen LogP contribution in [0.5, 0.6) is 0 Å². The van der Waals surface area contributed by atoms with E-state index in [1.807, 2.05) is 0 Å². The second-order valence-corrected chi connectivity index (χ2v) is 4.37. The van der Waals surface area contributed by atoms with Crippen LogP contribution in [-0.2, 0) is 0 Å². The average molecular weight is 286 g/mol. The number of imidazole rings is 1. The lowest BCUT2D eigenvalue weighted by Crippen LogP contribution is -2.28. The van der Waals surface area contributed by atoms with Gasteiger partial charge in [-0.25, -0.2) is 9.37 Å². The summed E-state index contributed by atoms with van der Waals surface area (Å²) in [5.41, 5.74) is 5.93. The molecule has 0 fully saturated rings. The van der Waals surface area contributed by atoms with Crippen LogP contribution in [0.1, 0.15) is 34.7 Å². The molecular formula is C15H15FN4O. The summed E-state index contributed by atoms with van der Waals surface area (Å²) in [6.07, 6.45) is 3.26. The Hall–Kier alpha value is -2.65. The maximum atomic E-state index is 13.4. The first-order chi connectivity index (χ1) is 10.1. The number of hydrogen-bond acceptors (Lipinski definition) is 3. The number of carbonyl (C=O) groups excluding carboxylic acids is 1. The predicted octanol–water partition coefficient (Wildman–Crippen LogP) is 1.35. The SMILES string of the molecule is CC(NC(=O)c1cc(F)ccc1C#CCN)c1ncc[nH]1. The van der Waals surface area contributed by atoms with E-state index >= 15 is 0 Å². The highest BCUT2D eigenvalue weighted by molar-refractivity contribution is 5.96. The number of rotatable bonds is 3. The molecule has 0 aliphatic rings. The van der Waals surface area contributed by atoms with Crippen LogP contribution in [0.3, 0.4) is 0 Å². The highest BCUT2D eigenvalue weighted by Gasteiger charge is 2.16. The minimum atomic E-state index is -0.496. The Morgan fingerprint density at radius 2 is 2.38 bits per heavy atom. The molecule has 0 aliphatic heterocycles. The van der Waals surface area contributed by atoms with Crippen LogP contribution < -0.4 is 11.1 Å². The summed E-state index contributed by atoms with van der Waals surface area (Å²) < 4.78 is 13.4. The van der Waals surface area contributed by atoms with Crippen molar-refractivity contribution in [1.82, 2.24) is 15.3 Å². The van der Waals surface area contributed by atoms with E-state index in [0.717, 1.165) is 6.07 Å². The summed E-state index contributed by atoms with van der Waals surface area (Å²) in [5.74, 6) is 5.13. The third-order valence-electron chi connectivity index (χ3n) is 2.83. The predicted molar refractivity (Wildman–Crippen MR) is 76.8 cm³/mol. The summed E-state index contributed by atoms with van der Waals surface area (Å²) in [6, 6.07) is 3.55. The molecule has 21 heavy (non-hydrogen) atoms. The van der Waals surface area contributed by atoms with E-state index in [1.165, 1.54) is 12.1 Å². The van der Waals surface area contributed by atoms with E-state index in [-0.39, 0.29) is 18.2 Å². The van der Waals surface area contributed by atoms with Crippen molar-refractivity contribution in [2.75, 3.05) is 6.54 Å². The first-order valence-corrected chi connectivity index (χ1v) is 6.40. The van der Waals surface area contributed by atoms with E-state index < -0.39 is 11.7 Å². The van der Waals surface area contributed by atoms with Gasteiger partial charge < -0.3 is 16.0 Å². The van der Waals surface area contributed by atoms with Gasteiger partial charge >= 0.3 is 0 Å². The summed E-state index contributed by atoms with van der Waals surface area (Å²) in [6.45, 7) is 1.95. The van der Waals surface area contributed by atoms with Gasteiger partial charge in [0.2, 0.25) is 0 Å². The van der Waals surface area contributed by atoms with Crippen molar-refractivity contribution < 1.29 is 9.18 Å². The van der Waals surface area contributed by atoms with Crippen molar-refractivity contribution in [2.45, 2.75) is 13.0 Å². The summed E-state index contributed by atoms with van der Waals surface area (Å²) in [7, 11) is 0. The Kier molecular flexibility index (Phi) is 4.69. The summed E-state index contributed by atoms with van der Waals surface area (Å²) in [5, 5.41) is 2.74. The number of carbonyl (C=O) groups is 1. The Morgan fingerprint density at radius 3 is 3.05 bits per heavy atom. The van der Waals surface area contributed by atoms with Gasteiger partial charge in [0.05, 0.1) is 18.2 Å². The van der Waals surface area contributed by atoms with E-state index in [2.05, 4.69) is 27.1 Å². The van der Waals surface area contributed by atoms with Crippen molar-refractivity contribution in [3.63, 3.8) is 0 Å². The zero-order valence-electron chi connectivity index (χ0n) is 11.5. The average Bonchev–Trinajstić information content (AvgIpc) is 3.00.